The van der Waals surface area contributed by atoms with Gasteiger partial charge in [0.2, 0.25) is 0 Å². The molecule has 0 aromatic rings. The number of nitrogens with zero attached hydrogens (tertiary/aromatic N) is 1. The van der Waals surface area contributed by atoms with Gasteiger partial charge < -0.3 is 5.32 Å². The maximum Gasteiger partial charge on any atom is 0.0223 e. The molecule has 3 fully saturated rings. The maximum atomic E-state index is 3.84. The van der Waals surface area contributed by atoms with Crippen LogP contribution in [0.4, 0.5) is 0 Å². The van der Waals surface area contributed by atoms with Gasteiger partial charge in [0, 0.05) is 31.7 Å². The van der Waals surface area contributed by atoms with E-state index >= 15 is 0 Å². The van der Waals surface area contributed by atoms with Crippen molar-refractivity contribution in [3.05, 3.63) is 0 Å². The highest BCUT2D eigenvalue weighted by molar-refractivity contribution is 4.91. The van der Waals surface area contributed by atoms with Crippen LogP contribution in [0.15, 0.2) is 0 Å². The van der Waals surface area contributed by atoms with Crippen molar-refractivity contribution in [3.63, 3.8) is 0 Å². The van der Waals surface area contributed by atoms with Crippen molar-refractivity contribution >= 4 is 0 Å². The molecular weight excluding hydrogens is 244 g/mol. The molecule has 1 N–H and O–H groups in total. The zero-order chi connectivity index (χ0) is 13.9. The van der Waals surface area contributed by atoms with Crippen molar-refractivity contribution < 1.29 is 0 Å². The fourth-order valence-electron chi connectivity index (χ4n) is 5.15. The second-order valence-electron chi connectivity index (χ2n) is 7.92. The molecule has 0 radical (unpaired) electrons. The molecule has 0 amide bonds. The third kappa shape index (κ3) is 3.39. The highest BCUT2D eigenvalue weighted by Gasteiger charge is 2.34. The van der Waals surface area contributed by atoms with Crippen molar-refractivity contribution in [3.8, 4) is 0 Å². The van der Waals surface area contributed by atoms with Crippen LogP contribution in [-0.2, 0) is 0 Å². The van der Waals surface area contributed by atoms with Crippen LogP contribution < -0.4 is 5.32 Å². The molecule has 116 valence electrons. The quantitative estimate of drug-likeness (QED) is 0.829. The average molecular weight is 278 g/mol. The second-order valence-corrected chi connectivity index (χ2v) is 7.92. The largest absolute Gasteiger partial charge is 0.311 e. The molecule has 2 aliphatic carbocycles. The van der Waals surface area contributed by atoms with Gasteiger partial charge in [-0.3, -0.25) is 4.90 Å². The summed E-state index contributed by atoms with van der Waals surface area (Å²) in [5, 5.41) is 3.84. The van der Waals surface area contributed by atoms with E-state index in [1.807, 2.05) is 0 Å². The molecule has 1 saturated heterocycles. The summed E-state index contributed by atoms with van der Waals surface area (Å²) >= 11 is 0. The molecule has 0 bridgehead atoms. The van der Waals surface area contributed by atoms with Crippen LogP contribution in [0.1, 0.15) is 65.2 Å². The topological polar surface area (TPSA) is 15.3 Å². The predicted molar refractivity (Wildman–Crippen MR) is 85.9 cm³/mol. The Bertz CT molecular complexity index is 298. The fraction of sp³-hybridized carbons (Fsp3) is 1.00. The van der Waals surface area contributed by atoms with E-state index in [9.17, 15) is 0 Å². The Kier molecular flexibility index (Phi) is 5.04. The summed E-state index contributed by atoms with van der Waals surface area (Å²) in [7, 11) is 0. The summed E-state index contributed by atoms with van der Waals surface area (Å²) in [6.45, 7) is 8.77. The van der Waals surface area contributed by atoms with Gasteiger partial charge in [0.05, 0.1) is 0 Å². The Morgan fingerprint density at radius 2 is 1.75 bits per heavy atom. The monoisotopic (exact) mass is 278 g/mol. The molecule has 0 spiro atoms. The predicted octanol–water partition coefficient (Wildman–Crippen LogP) is 3.67. The van der Waals surface area contributed by atoms with Gasteiger partial charge in [-0.05, 0) is 49.9 Å². The third-order valence-corrected chi connectivity index (χ3v) is 6.31. The van der Waals surface area contributed by atoms with E-state index in [0.717, 1.165) is 29.8 Å². The first-order chi connectivity index (χ1) is 9.74. The van der Waals surface area contributed by atoms with E-state index in [1.165, 1.54) is 71.0 Å². The smallest absolute Gasteiger partial charge is 0.0223 e. The van der Waals surface area contributed by atoms with Gasteiger partial charge in [-0.25, -0.2) is 0 Å². The number of piperazine rings is 1. The molecule has 0 aromatic carbocycles. The molecule has 0 aromatic heterocycles. The van der Waals surface area contributed by atoms with Crippen molar-refractivity contribution in [2.45, 2.75) is 77.3 Å². The highest BCUT2D eigenvalue weighted by atomic mass is 15.2. The summed E-state index contributed by atoms with van der Waals surface area (Å²) < 4.78 is 0. The highest BCUT2D eigenvalue weighted by Crippen LogP contribution is 2.34. The van der Waals surface area contributed by atoms with Crippen LogP contribution in [0.2, 0.25) is 0 Å². The van der Waals surface area contributed by atoms with Crippen molar-refractivity contribution in [1.82, 2.24) is 10.2 Å². The molecule has 4 atom stereocenters. The van der Waals surface area contributed by atoms with E-state index in [1.54, 1.807) is 0 Å². The fourth-order valence-corrected chi connectivity index (χ4v) is 5.15. The Hall–Kier alpha value is -0.0800. The first kappa shape index (κ1) is 14.8. The lowest BCUT2D eigenvalue weighted by Crippen LogP contribution is -2.58. The standard InChI is InChI=1S/C18H34N2/c1-14-8-9-18(15(2)12-14)20-11-10-19-17(13-20)16-6-4-3-5-7-16/h14-19H,3-13H2,1-2H3. The van der Waals surface area contributed by atoms with Crippen molar-refractivity contribution in [1.29, 1.82) is 0 Å². The van der Waals surface area contributed by atoms with Crippen LogP contribution in [0.25, 0.3) is 0 Å². The van der Waals surface area contributed by atoms with Crippen LogP contribution in [0.3, 0.4) is 0 Å². The van der Waals surface area contributed by atoms with Gasteiger partial charge in [0.1, 0.15) is 0 Å². The number of hydrogen-bond donors (Lipinski definition) is 1. The van der Waals surface area contributed by atoms with Gasteiger partial charge in [0.15, 0.2) is 0 Å². The van der Waals surface area contributed by atoms with Crippen molar-refractivity contribution in [2.24, 2.45) is 17.8 Å². The molecule has 1 aliphatic heterocycles. The van der Waals surface area contributed by atoms with E-state index in [4.69, 9.17) is 0 Å². The van der Waals surface area contributed by atoms with Crippen LogP contribution in [0, 0.1) is 17.8 Å². The number of nitrogens with one attached hydrogen (secondary N) is 1. The molecule has 2 saturated carbocycles. The van der Waals surface area contributed by atoms with Gasteiger partial charge in [-0.1, -0.05) is 33.1 Å². The minimum Gasteiger partial charge on any atom is -0.311 e. The maximum absolute atomic E-state index is 3.84. The Morgan fingerprint density at radius 3 is 2.50 bits per heavy atom. The van der Waals surface area contributed by atoms with Crippen LogP contribution in [-0.4, -0.2) is 36.6 Å². The van der Waals surface area contributed by atoms with E-state index < -0.39 is 0 Å². The van der Waals surface area contributed by atoms with Gasteiger partial charge >= 0.3 is 0 Å². The minimum atomic E-state index is 0.788. The second kappa shape index (κ2) is 6.79. The van der Waals surface area contributed by atoms with Crippen molar-refractivity contribution in [2.75, 3.05) is 19.6 Å². The first-order valence-electron chi connectivity index (χ1n) is 9.21. The summed E-state index contributed by atoms with van der Waals surface area (Å²) in [6.07, 6.45) is 11.7. The Labute approximate surface area is 125 Å². The van der Waals surface area contributed by atoms with Gasteiger partial charge in [0.25, 0.3) is 0 Å². The molecule has 2 nitrogen and oxygen atoms in total. The summed E-state index contributed by atoms with van der Waals surface area (Å²) in [6, 6.07) is 1.66. The molecular formula is C18H34N2. The molecule has 3 rings (SSSR count). The summed E-state index contributed by atoms with van der Waals surface area (Å²) in [5.74, 6) is 2.83. The third-order valence-electron chi connectivity index (χ3n) is 6.31. The molecule has 20 heavy (non-hydrogen) atoms. The number of rotatable bonds is 2. The minimum absolute atomic E-state index is 0.788. The SMILES string of the molecule is CC1CCC(N2CCNC(C3CCCCC3)C2)C(C)C1. The van der Waals surface area contributed by atoms with E-state index in [0.29, 0.717) is 0 Å². The lowest BCUT2D eigenvalue weighted by atomic mass is 9.78. The van der Waals surface area contributed by atoms with Crippen LogP contribution >= 0.6 is 0 Å². The Balaban J connectivity index is 1.57. The zero-order valence-electron chi connectivity index (χ0n) is 13.6. The summed E-state index contributed by atoms with van der Waals surface area (Å²) in [4.78, 5) is 2.85. The molecule has 3 aliphatic rings. The first-order valence-corrected chi connectivity index (χ1v) is 9.21. The van der Waals surface area contributed by atoms with Gasteiger partial charge in [-0.15, -0.1) is 0 Å². The zero-order valence-corrected chi connectivity index (χ0v) is 13.6. The average Bonchev–Trinajstić information content (AvgIpc) is 2.48. The molecule has 2 heteroatoms. The Morgan fingerprint density at radius 1 is 0.950 bits per heavy atom. The van der Waals surface area contributed by atoms with Gasteiger partial charge in [-0.2, -0.15) is 0 Å². The molecule has 4 unspecified atom stereocenters. The lowest BCUT2D eigenvalue weighted by molar-refractivity contribution is 0.0518. The van der Waals surface area contributed by atoms with Crippen LogP contribution in [0.5, 0.6) is 0 Å². The summed E-state index contributed by atoms with van der Waals surface area (Å²) in [5.41, 5.74) is 0. The van der Waals surface area contributed by atoms with E-state index in [2.05, 4.69) is 24.1 Å². The molecule has 1 heterocycles. The number of hydrogen-bond acceptors (Lipinski definition) is 2. The normalized spacial score (nSPS) is 41.7. The lowest BCUT2D eigenvalue weighted by Gasteiger charge is -2.46. The van der Waals surface area contributed by atoms with E-state index in [-0.39, 0.29) is 0 Å².